The summed E-state index contributed by atoms with van der Waals surface area (Å²) in [5.74, 6) is -1.20. The summed E-state index contributed by atoms with van der Waals surface area (Å²) in [5.41, 5.74) is 1.06. The molecule has 0 fully saturated rings. The number of aliphatic hydroxyl groups excluding tert-OH is 1. The van der Waals surface area contributed by atoms with Gasteiger partial charge < -0.3 is 15.3 Å². The number of aromatic hydroxyl groups is 1. The molecule has 0 bridgehead atoms. The van der Waals surface area contributed by atoms with Crippen LogP contribution < -0.4 is 0 Å². The van der Waals surface area contributed by atoms with Crippen LogP contribution in [-0.4, -0.2) is 26.3 Å². The van der Waals surface area contributed by atoms with Gasteiger partial charge in [-0.3, -0.25) is 4.98 Å². The minimum atomic E-state index is -1.10. The van der Waals surface area contributed by atoms with Crippen LogP contribution in [0.2, 0.25) is 0 Å². The highest BCUT2D eigenvalue weighted by Gasteiger charge is 2.08. The second kappa shape index (κ2) is 4.56. The summed E-state index contributed by atoms with van der Waals surface area (Å²) in [6.07, 6.45) is 3.60. The quantitative estimate of drug-likeness (QED) is 0.637. The Hall–Kier alpha value is -1.88. The number of carboxylic acids is 1. The van der Waals surface area contributed by atoms with E-state index >= 15 is 0 Å². The van der Waals surface area contributed by atoms with E-state index in [2.05, 4.69) is 4.98 Å². The highest BCUT2D eigenvalue weighted by molar-refractivity contribution is 5.85. The van der Waals surface area contributed by atoms with Crippen LogP contribution in [-0.2, 0) is 11.4 Å². The number of pyridine rings is 1. The third-order valence-electron chi connectivity index (χ3n) is 1.94. The molecule has 0 aliphatic carbocycles. The normalized spacial score (nSPS) is 10.8. The molecule has 0 atom stereocenters. The van der Waals surface area contributed by atoms with Crippen molar-refractivity contribution >= 4 is 12.0 Å². The monoisotopic (exact) mass is 209 g/mol. The van der Waals surface area contributed by atoms with Gasteiger partial charge in [0.05, 0.1) is 12.3 Å². The van der Waals surface area contributed by atoms with Crippen molar-refractivity contribution in [3.05, 3.63) is 29.1 Å². The number of aromatic nitrogens is 1. The van der Waals surface area contributed by atoms with Crippen molar-refractivity contribution in [2.75, 3.05) is 0 Å². The van der Waals surface area contributed by atoms with Crippen LogP contribution in [0.25, 0.3) is 6.08 Å². The Bertz CT molecular complexity index is 412. The van der Waals surface area contributed by atoms with Gasteiger partial charge in [-0.15, -0.1) is 0 Å². The maximum atomic E-state index is 10.3. The minimum Gasteiger partial charge on any atom is -0.506 e. The molecule has 0 saturated carbocycles. The fourth-order valence-corrected chi connectivity index (χ4v) is 1.13. The van der Waals surface area contributed by atoms with Crippen LogP contribution >= 0.6 is 0 Å². The Kier molecular flexibility index (Phi) is 3.41. The zero-order valence-electron chi connectivity index (χ0n) is 8.14. The zero-order chi connectivity index (χ0) is 11.4. The molecule has 0 spiro atoms. The average Bonchev–Trinajstić information content (AvgIpc) is 2.19. The van der Waals surface area contributed by atoms with Crippen molar-refractivity contribution in [1.29, 1.82) is 0 Å². The molecular weight excluding hydrogens is 198 g/mol. The molecule has 1 heterocycles. The lowest BCUT2D eigenvalue weighted by molar-refractivity contribution is -0.131. The van der Waals surface area contributed by atoms with Crippen molar-refractivity contribution < 1.29 is 20.1 Å². The second-order valence-electron chi connectivity index (χ2n) is 2.96. The summed E-state index contributed by atoms with van der Waals surface area (Å²) in [7, 11) is 0. The third kappa shape index (κ3) is 2.54. The van der Waals surface area contributed by atoms with Gasteiger partial charge in [-0.1, -0.05) is 0 Å². The summed E-state index contributed by atoms with van der Waals surface area (Å²) >= 11 is 0. The largest absolute Gasteiger partial charge is 0.506 e. The Balaban J connectivity index is 3.19. The van der Waals surface area contributed by atoms with Crippen LogP contribution in [0, 0.1) is 6.92 Å². The molecule has 1 aromatic heterocycles. The van der Waals surface area contributed by atoms with E-state index in [1.54, 1.807) is 6.92 Å². The molecule has 80 valence electrons. The van der Waals surface area contributed by atoms with Crippen LogP contribution in [0.4, 0.5) is 0 Å². The van der Waals surface area contributed by atoms with Crippen molar-refractivity contribution in [2.24, 2.45) is 0 Å². The molecule has 0 aliphatic rings. The van der Waals surface area contributed by atoms with Crippen molar-refractivity contribution in [1.82, 2.24) is 4.98 Å². The molecule has 0 amide bonds. The van der Waals surface area contributed by atoms with Crippen molar-refractivity contribution in [2.45, 2.75) is 13.5 Å². The number of hydrogen-bond acceptors (Lipinski definition) is 4. The van der Waals surface area contributed by atoms with Gasteiger partial charge in [-0.25, -0.2) is 4.79 Å². The van der Waals surface area contributed by atoms with Gasteiger partial charge in [0.25, 0.3) is 0 Å². The van der Waals surface area contributed by atoms with E-state index in [0.717, 1.165) is 6.08 Å². The first-order valence-electron chi connectivity index (χ1n) is 4.25. The van der Waals surface area contributed by atoms with Crippen LogP contribution in [0.3, 0.4) is 0 Å². The zero-order valence-corrected chi connectivity index (χ0v) is 8.14. The van der Waals surface area contributed by atoms with Gasteiger partial charge in [0.1, 0.15) is 5.75 Å². The number of hydrogen-bond donors (Lipinski definition) is 3. The Labute approximate surface area is 86.3 Å². The first kappa shape index (κ1) is 11.2. The standard InChI is InChI=1S/C10H11NO4/c1-6-10(15)8(5-12)7(4-11-6)2-3-9(13)14/h2-4,12,15H,5H2,1H3,(H,13,14)/b3-2+. The summed E-state index contributed by atoms with van der Waals surface area (Å²) in [5, 5.41) is 27.0. The van der Waals surface area contributed by atoms with E-state index in [4.69, 9.17) is 10.2 Å². The number of aliphatic carboxylic acids is 1. The van der Waals surface area contributed by atoms with Gasteiger partial charge in [0.15, 0.2) is 0 Å². The predicted molar refractivity (Wildman–Crippen MR) is 53.2 cm³/mol. The minimum absolute atomic E-state index is 0.106. The maximum absolute atomic E-state index is 10.3. The number of carbonyl (C=O) groups is 1. The first-order valence-corrected chi connectivity index (χ1v) is 4.25. The lowest BCUT2D eigenvalue weighted by Crippen LogP contribution is -1.95. The van der Waals surface area contributed by atoms with E-state index in [1.165, 1.54) is 12.3 Å². The number of aliphatic hydroxyl groups is 1. The molecule has 1 aromatic rings. The number of carboxylic acid groups (broad SMARTS) is 1. The van der Waals surface area contributed by atoms with E-state index in [1.807, 2.05) is 0 Å². The Morgan fingerprint density at radius 2 is 2.27 bits per heavy atom. The fourth-order valence-electron chi connectivity index (χ4n) is 1.13. The fraction of sp³-hybridized carbons (Fsp3) is 0.200. The van der Waals surface area contributed by atoms with Crippen LogP contribution in [0.5, 0.6) is 5.75 Å². The van der Waals surface area contributed by atoms with Gasteiger partial charge in [0.2, 0.25) is 0 Å². The molecule has 3 N–H and O–H groups in total. The van der Waals surface area contributed by atoms with Crippen molar-refractivity contribution in [3.63, 3.8) is 0 Å². The molecule has 5 nitrogen and oxygen atoms in total. The van der Waals surface area contributed by atoms with Gasteiger partial charge >= 0.3 is 5.97 Å². The molecule has 0 radical (unpaired) electrons. The van der Waals surface area contributed by atoms with E-state index in [0.29, 0.717) is 11.3 Å². The van der Waals surface area contributed by atoms with Gasteiger partial charge in [0, 0.05) is 23.4 Å². The highest BCUT2D eigenvalue weighted by atomic mass is 16.4. The average molecular weight is 209 g/mol. The van der Waals surface area contributed by atoms with Crippen LogP contribution in [0.15, 0.2) is 12.3 Å². The smallest absolute Gasteiger partial charge is 0.328 e. The molecule has 1 rings (SSSR count). The van der Waals surface area contributed by atoms with Gasteiger partial charge in [-0.05, 0) is 13.0 Å². The first-order chi connectivity index (χ1) is 7.06. The SMILES string of the molecule is Cc1ncc(/C=C/C(=O)O)c(CO)c1O. The van der Waals surface area contributed by atoms with Crippen LogP contribution in [0.1, 0.15) is 16.8 Å². The maximum Gasteiger partial charge on any atom is 0.328 e. The summed E-state index contributed by atoms with van der Waals surface area (Å²) in [4.78, 5) is 14.2. The summed E-state index contributed by atoms with van der Waals surface area (Å²) in [6.45, 7) is 1.23. The Morgan fingerprint density at radius 3 is 2.80 bits per heavy atom. The topological polar surface area (TPSA) is 90.7 Å². The van der Waals surface area contributed by atoms with Crippen molar-refractivity contribution in [3.8, 4) is 5.75 Å². The molecule has 0 aromatic carbocycles. The molecular formula is C10H11NO4. The molecule has 0 saturated heterocycles. The lowest BCUT2D eigenvalue weighted by Gasteiger charge is -2.07. The van der Waals surface area contributed by atoms with E-state index in [9.17, 15) is 9.90 Å². The summed E-state index contributed by atoms with van der Waals surface area (Å²) < 4.78 is 0. The number of aryl methyl sites for hydroxylation is 1. The molecule has 15 heavy (non-hydrogen) atoms. The molecule has 0 unspecified atom stereocenters. The summed E-state index contributed by atoms with van der Waals surface area (Å²) in [6, 6.07) is 0. The Morgan fingerprint density at radius 1 is 1.60 bits per heavy atom. The lowest BCUT2D eigenvalue weighted by atomic mass is 10.1. The van der Waals surface area contributed by atoms with E-state index < -0.39 is 5.97 Å². The number of rotatable bonds is 3. The molecule has 5 heteroatoms. The second-order valence-corrected chi connectivity index (χ2v) is 2.96. The van der Waals surface area contributed by atoms with Gasteiger partial charge in [-0.2, -0.15) is 0 Å². The molecule has 0 aliphatic heterocycles. The predicted octanol–water partition coefficient (Wildman–Crippen LogP) is 0.686. The highest BCUT2D eigenvalue weighted by Crippen LogP contribution is 2.24. The number of nitrogens with zero attached hydrogens (tertiary/aromatic N) is 1. The third-order valence-corrected chi connectivity index (χ3v) is 1.94. The van der Waals surface area contributed by atoms with E-state index in [-0.39, 0.29) is 17.9 Å².